The second-order valence-corrected chi connectivity index (χ2v) is 12.1. The van der Waals surface area contributed by atoms with Gasteiger partial charge in [-0.15, -0.1) is 0 Å². The highest BCUT2D eigenvalue weighted by Gasteiger charge is 2.30. The first-order chi connectivity index (χ1) is 16.0. The number of aryl methyl sites for hydroxylation is 1. The molecule has 1 aliphatic rings. The van der Waals surface area contributed by atoms with Crippen LogP contribution in [0.4, 0.5) is 5.69 Å². The van der Waals surface area contributed by atoms with Gasteiger partial charge in [-0.05, 0) is 37.6 Å². The number of hydrogen-bond donors (Lipinski definition) is 0. The van der Waals surface area contributed by atoms with E-state index in [0.29, 0.717) is 30.9 Å². The topological polar surface area (TPSA) is 104 Å². The number of benzene rings is 2. The highest BCUT2D eigenvalue weighted by Crippen LogP contribution is 2.29. The summed E-state index contributed by atoms with van der Waals surface area (Å²) in [5, 5.41) is 0. The third-order valence-corrected chi connectivity index (χ3v) is 8.85. The molecule has 0 spiro atoms. The monoisotopic (exact) mass is 509 g/mol. The number of piperazine rings is 1. The third kappa shape index (κ3) is 6.08. The SMILES string of the molecule is COc1ccccc1N(CCCC(=O)N1CCN(S(=O)(=O)c2ccc(C)cc2)CC1)S(C)(=O)=O. The van der Waals surface area contributed by atoms with Crippen LogP contribution in [-0.2, 0) is 24.8 Å². The van der Waals surface area contributed by atoms with E-state index in [2.05, 4.69) is 0 Å². The van der Waals surface area contributed by atoms with E-state index in [1.807, 2.05) is 6.92 Å². The number of carbonyl (C=O) groups is 1. The predicted octanol–water partition coefficient (Wildman–Crippen LogP) is 2.08. The summed E-state index contributed by atoms with van der Waals surface area (Å²) < 4.78 is 58.3. The van der Waals surface area contributed by atoms with Gasteiger partial charge in [-0.3, -0.25) is 9.10 Å². The Morgan fingerprint density at radius 1 is 0.971 bits per heavy atom. The molecule has 0 aliphatic carbocycles. The average molecular weight is 510 g/mol. The minimum Gasteiger partial charge on any atom is -0.495 e. The van der Waals surface area contributed by atoms with Gasteiger partial charge >= 0.3 is 0 Å². The lowest BCUT2D eigenvalue weighted by molar-refractivity contribution is -0.132. The molecule has 0 radical (unpaired) electrons. The van der Waals surface area contributed by atoms with Crippen LogP contribution in [0.15, 0.2) is 53.4 Å². The molecule has 0 atom stereocenters. The Labute approximate surface area is 202 Å². The van der Waals surface area contributed by atoms with Crippen LogP contribution in [0, 0.1) is 6.92 Å². The Kier molecular flexibility index (Phi) is 8.21. The number of ether oxygens (including phenoxy) is 1. The van der Waals surface area contributed by atoms with Crippen LogP contribution in [0.25, 0.3) is 0 Å². The van der Waals surface area contributed by atoms with Crippen molar-refractivity contribution in [2.24, 2.45) is 0 Å². The molecule has 34 heavy (non-hydrogen) atoms. The molecule has 2 aromatic rings. The zero-order chi connectivity index (χ0) is 24.9. The maximum absolute atomic E-state index is 12.9. The summed E-state index contributed by atoms with van der Waals surface area (Å²) in [5.74, 6) is 0.311. The highest BCUT2D eigenvalue weighted by molar-refractivity contribution is 7.92. The van der Waals surface area contributed by atoms with E-state index in [9.17, 15) is 21.6 Å². The molecule has 186 valence electrons. The number of hydrogen-bond acceptors (Lipinski definition) is 6. The van der Waals surface area contributed by atoms with Crippen molar-refractivity contribution >= 4 is 31.6 Å². The molecule has 0 N–H and O–H groups in total. The van der Waals surface area contributed by atoms with Crippen LogP contribution < -0.4 is 9.04 Å². The van der Waals surface area contributed by atoms with E-state index in [1.165, 1.54) is 15.7 Å². The fraction of sp³-hybridized carbons (Fsp3) is 0.435. The highest BCUT2D eigenvalue weighted by atomic mass is 32.2. The maximum atomic E-state index is 12.9. The summed E-state index contributed by atoms with van der Waals surface area (Å²) in [6.45, 7) is 3.06. The number of sulfonamides is 2. The van der Waals surface area contributed by atoms with Gasteiger partial charge in [0.05, 0.1) is 23.9 Å². The number of methoxy groups -OCH3 is 1. The number of rotatable bonds is 9. The second kappa shape index (κ2) is 10.7. The first-order valence-electron chi connectivity index (χ1n) is 11.0. The minimum absolute atomic E-state index is 0.124. The summed E-state index contributed by atoms with van der Waals surface area (Å²) in [5.41, 5.74) is 1.41. The summed E-state index contributed by atoms with van der Waals surface area (Å²) in [6, 6.07) is 13.5. The summed E-state index contributed by atoms with van der Waals surface area (Å²) >= 11 is 0. The summed E-state index contributed by atoms with van der Waals surface area (Å²) in [6.07, 6.45) is 1.60. The lowest BCUT2D eigenvalue weighted by Gasteiger charge is -2.34. The van der Waals surface area contributed by atoms with Crippen LogP contribution in [0.2, 0.25) is 0 Å². The van der Waals surface area contributed by atoms with Gasteiger partial charge in [-0.25, -0.2) is 16.8 Å². The van der Waals surface area contributed by atoms with Crippen LogP contribution in [0.5, 0.6) is 5.75 Å². The summed E-state index contributed by atoms with van der Waals surface area (Å²) in [4.78, 5) is 14.6. The van der Waals surface area contributed by atoms with Crippen molar-refractivity contribution < 1.29 is 26.4 Å². The van der Waals surface area contributed by atoms with E-state index in [-0.39, 0.29) is 36.9 Å². The maximum Gasteiger partial charge on any atom is 0.243 e. The van der Waals surface area contributed by atoms with Gasteiger partial charge in [0.2, 0.25) is 26.0 Å². The molecular weight excluding hydrogens is 478 g/mol. The second-order valence-electron chi connectivity index (χ2n) is 8.21. The van der Waals surface area contributed by atoms with Gasteiger partial charge in [-0.1, -0.05) is 29.8 Å². The smallest absolute Gasteiger partial charge is 0.243 e. The molecule has 9 nitrogen and oxygen atoms in total. The van der Waals surface area contributed by atoms with Crippen molar-refractivity contribution in [2.45, 2.75) is 24.7 Å². The first kappa shape index (κ1) is 26.0. The standard InChI is InChI=1S/C23H31N3O6S2/c1-19-10-12-20(13-11-19)34(30,31)25-17-15-24(16-18-25)23(27)9-6-14-26(33(3,28)29)21-7-4-5-8-22(21)32-2/h4-5,7-8,10-13H,6,9,14-18H2,1-3H3. The molecule has 0 saturated carbocycles. The molecule has 1 heterocycles. The molecule has 2 aromatic carbocycles. The van der Waals surface area contributed by atoms with Crippen LogP contribution in [0.1, 0.15) is 18.4 Å². The van der Waals surface area contributed by atoms with Crippen LogP contribution >= 0.6 is 0 Å². The van der Waals surface area contributed by atoms with Gasteiger partial charge in [0, 0.05) is 39.1 Å². The van der Waals surface area contributed by atoms with E-state index in [0.717, 1.165) is 11.8 Å². The first-order valence-corrected chi connectivity index (χ1v) is 14.3. The van der Waals surface area contributed by atoms with E-state index >= 15 is 0 Å². The number of nitrogens with zero attached hydrogens (tertiary/aromatic N) is 3. The quantitative estimate of drug-likeness (QED) is 0.513. The molecule has 1 saturated heterocycles. The molecule has 0 unspecified atom stereocenters. The van der Waals surface area contributed by atoms with Crippen molar-refractivity contribution in [3.8, 4) is 5.75 Å². The van der Waals surface area contributed by atoms with Gasteiger partial charge in [-0.2, -0.15) is 4.31 Å². The molecule has 3 rings (SSSR count). The lowest BCUT2D eigenvalue weighted by Crippen LogP contribution is -2.50. The Morgan fingerprint density at radius 3 is 2.18 bits per heavy atom. The summed E-state index contributed by atoms with van der Waals surface area (Å²) in [7, 11) is -5.70. The Morgan fingerprint density at radius 2 is 1.59 bits per heavy atom. The van der Waals surface area contributed by atoms with Crippen molar-refractivity contribution in [3.63, 3.8) is 0 Å². The van der Waals surface area contributed by atoms with E-state index in [1.54, 1.807) is 53.4 Å². The van der Waals surface area contributed by atoms with Crippen molar-refractivity contribution in [1.29, 1.82) is 0 Å². The van der Waals surface area contributed by atoms with Crippen LogP contribution in [0.3, 0.4) is 0 Å². The number of amides is 1. The molecule has 1 amide bonds. The molecule has 11 heteroatoms. The predicted molar refractivity (Wildman–Crippen MR) is 131 cm³/mol. The minimum atomic E-state index is -3.60. The molecule has 1 aliphatic heterocycles. The molecule has 0 aromatic heterocycles. The number of anilines is 1. The fourth-order valence-corrected chi connectivity index (χ4v) is 6.26. The van der Waals surface area contributed by atoms with Crippen molar-refractivity contribution in [3.05, 3.63) is 54.1 Å². The normalized spacial score (nSPS) is 15.2. The van der Waals surface area contributed by atoms with Gasteiger partial charge in [0.15, 0.2) is 0 Å². The Balaban J connectivity index is 1.56. The van der Waals surface area contributed by atoms with Gasteiger partial charge in [0.1, 0.15) is 5.75 Å². The van der Waals surface area contributed by atoms with Crippen LogP contribution in [-0.4, -0.2) is 78.0 Å². The largest absolute Gasteiger partial charge is 0.495 e. The fourth-order valence-electron chi connectivity index (χ4n) is 3.87. The van der Waals surface area contributed by atoms with Crippen molar-refractivity contribution in [1.82, 2.24) is 9.21 Å². The number of carbonyl (C=O) groups excluding carboxylic acids is 1. The zero-order valence-corrected chi connectivity index (χ0v) is 21.3. The Hall–Kier alpha value is -2.63. The third-order valence-electron chi connectivity index (χ3n) is 5.76. The number of para-hydroxylation sites is 2. The lowest BCUT2D eigenvalue weighted by atomic mass is 10.2. The van der Waals surface area contributed by atoms with Gasteiger partial charge in [0.25, 0.3) is 0 Å². The molecule has 1 fully saturated rings. The van der Waals surface area contributed by atoms with Crippen molar-refractivity contribution in [2.75, 3.05) is 50.4 Å². The molecule has 0 bridgehead atoms. The molecular formula is C23H31N3O6S2. The van der Waals surface area contributed by atoms with E-state index < -0.39 is 20.0 Å². The van der Waals surface area contributed by atoms with E-state index in [4.69, 9.17) is 4.74 Å². The zero-order valence-electron chi connectivity index (χ0n) is 19.7. The average Bonchev–Trinajstić information content (AvgIpc) is 2.81. The van der Waals surface area contributed by atoms with Gasteiger partial charge < -0.3 is 9.64 Å². The Bertz CT molecular complexity index is 1210.